The van der Waals surface area contributed by atoms with E-state index in [-0.39, 0.29) is 5.82 Å². The SMILES string of the molecule is Cc1c(Br)cc(F)cc1Br.FCc1cc(Br)cc(Br)c1. The van der Waals surface area contributed by atoms with E-state index in [1.807, 2.05) is 13.0 Å². The molecule has 0 amide bonds. The molecule has 20 heavy (non-hydrogen) atoms. The van der Waals surface area contributed by atoms with Gasteiger partial charge >= 0.3 is 0 Å². The lowest BCUT2D eigenvalue weighted by molar-refractivity contribution is 0.485. The molecule has 0 saturated carbocycles. The van der Waals surface area contributed by atoms with Crippen LogP contribution in [0.2, 0.25) is 0 Å². The van der Waals surface area contributed by atoms with Gasteiger partial charge in [-0.2, -0.15) is 0 Å². The average Bonchev–Trinajstić information content (AvgIpc) is 2.35. The van der Waals surface area contributed by atoms with Crippen LogP contribution in [0.4, 0.5) is 8.78 Å². The summed E-state index contributed by atoms with van der Waals surface area (Å²) in [4.78, 5) is 0. The van der Waals surface area contributed by atoms with Gasteiger partial charge in [0.15, 0.2) is 0 Å². The van der Waals surface area contributed by atoms with Crippen molar-refractivity contribution in [3.63, 3.8) is 0 Å². The summed E-state index contributed by atoms with van der Waals surface area (Å²) in [6, 6.07) is 8.27. The van der Waals surface area contributed by atoms with Gasteiger partial charge in [-0.25, -0.2) is 8.78 Å². The molecule has 0 fully saturated rings. The largest absolute Gasteiger partial charge is 0.246 e. The molecular weight excluding hydrogens is 526 g/mol. The fourth-order valence-corrected chi connectivity index (χ4v) is 3.82. The lowest BCUT2D eigenvalue weighted by Gasteiger charge is -1.99. The first kappa shape index (κ1) is 18.3. The zero-order valence-electron chi connectivity index (χ0n) is 10.4. The van der Waals surface area contributed by atoms with Crippen molar-refractivity contribution in [3.05, 3.63) is 65.2 Å². The predicted molar refractivity (Wildman–Crippen MR) is 93.2 cm³/mol. The normalized spacial score (nSPS) is 9.95. The summed E-state index contributed by atoms with van der Waals surface area (Å²) in [5.41, 5.74) is 1.70. The Kier molecular flexibility index (Phi) is 7.87. The van der Waals surface area contributed by atoms with E-state index in [4.69, 9.17) is 0 Å². The Hall–Kier alpha value is 0.220. The Morgan fingerprint density at radius 3 is 1.70 bits per heavy atom. The second-order valence-electron chi connectivity index (χ2n) is 3.91. The van der Waals surface area contributed by atoms with E-state index in [9.17, 15) is 8.78 Å². The van der Waals surface area contributed by atoms with Gasteiger partial charge in [-0.15, -0.1) is 0 Å². The number of benzene rings is 2. The first-order chi connectivity index (χ1) is 9.33. The van der Waals surface area contributed by atoms with Crippen molar-refractivity contribution >= 4 is 63.7 Å². The highest BCUT2D eigenvalue weighted by molar-refractivity contribution is 9.11. The van der Waals surface area contributed by atoms with Crippen LogP contribution in [-0.2, 0) is 6.67 Å². The van der Waals surface area contributed by atoms with Crippen LogP contribution >= 0.6 is 63.7 Å². The number of hydrogen-bond acceptors (Lipinski definition) is 0. The van der Waals surface area contributed by atoms with Crippen LogP contribution in [0.1, 0.15) is 11.1 Å². The van der Waals surface area contributed by atoms with E-state index >= 15 is 0 Å². The third-order valence-electron chi connectivity index (χ3n) is 2.32. The molecule has 0 saturated heterocycles. The molecule has 0 spiro atoms. The molecule has 0 nitrogen and oxygen atoms in total. The molecule has 2 aromatic rings. The Morgan fingerprint density at radius 2 is 1.30 bits per heavy atom. The Balaban J connectivity index is 0.000000200. The molecule has 0 aliphatic heterocycles. The molecule has 2 rings (SSSR count). The lowest BCUT2D eigenvalue weighted by Crippen LogP contribution is -1.80. The van der Waals surface area contributed by atoms with Crippen molar-refractivity contribution in [2.24, 2.45) is 0 Å². The Bertz CT molecular complexity index is 556. The van der Waals surface area contributed by atoms with E-state index in [2.05, 4.69) is 63.7 Å². The summed E-state index contributed by atoms with van der Waals surface area (Å²) in [5.74, 6) is -0.232. The van der Waals surface area contributed by atoms with Crippen molar-refractivity contribution in [1.82, 2.24) is 0 Å². The van der Waals surface area contributed by atoms with Gasteiger partial charge in [-0.1, -0.05) is 63.7 Å². The fourth-order valence-electron chi connectivity index (χ4n) is 1.30. The van der Waals surface area contributed by atoms with Gasteiger partial charge in [0.2, 0.25) is 0 Å². The number of rotatable bonds is 1. The van der Waals surface area contributed by atoms with Crippen molar-refractivity contribution in [3.8, 4) is 0 Å². The molecule has 0 aliphatic carbocycles. The molecule has 2 aromatic carbocycles. The highest BCUT2D eigenvalue weighted by atomic mass is 79.9. The van der Waals surface area contributed by atoms with Crippen molar-refractivity contribution in [2.45, 2.75) is 13.6 Å². The fraction of sp³-hybridized carbons (Fsp3) is 0.143. The first-order valence-electron chi connectivity index (χ1n) is 5.45. The van der Waals surface area contributed by atoms with Crippen LogP contribution in [-0.4, -0.2) is 0 Å². The predicted octanol–water partition coefficient (Wildman–Crippen LogP) is 7.34. The van der Waals surface area contributed by atoms with E-state index < -0.39 is 6.67 Å². The summed E-state index contributed by atoms with van der Waals surface area (Å²) < 4.78 is 28.0. The van der Waals surface area contributed by atoms with Gasteiger partial charge < -0.3 is 0 Å². The summed E-state index contributed by atoms with van der Waals surface area (Å²) in [5, 5.41) is 0. The molecule has 6 heteroatoms. The smallest absolute Gasteiger partial charge is 0.125 e. The van der Waals surface area contributed by atoms with Crippen LogP contribution < -0.4 is 0 Å². The van der Waals surface area contributed by atoms with Crippen LogP contribution in [0.5, 0.6) is 0 Å². The van der Waals surface area contributed by atoms with Gasteiger partial charge in [0.05, 0.1) is 0 Å². The van der Waals surface area contributed by atoms with Crippen LogP contribution in [0.25, 0.3) is 0 Å². The Labute approximate surface area is 150 Å². The molecule has 0 aliphatic rings. The number of hydrogen-bond donors (Lipinski definition) is 0. The maximum absolute atomic E-state index is 12.5. The number of halogens is 6. The molecule has 0 N–H and O–H groups in total. The molecule has 108 valence electrons. The third kappa shape index (κ3) is 5.92. The molecule has 0 heterocycles. The molecule has 0 aromatic heterocycles. The highest BCUT2D eigenvalue weighted by Gasteiger charge is 2.01. The second-order valence-corrected chi connectivity index (χ2v) is 7.45. The minimum atomic E-state index is -0.419. The van der Waals surface area contributed by atoms with Crippen molar-refractivity contribution in [1.29, 1.82) is 0 Å². The van der Waals surface area contributed by atoms with Crippen LogP contribution in [0, 0.1) is 12.7 Å². The summed E-state index contributed by atoms with van der Waals surface area (Å²) in [7, 11) is 0. The zero-order chi connectivity index (χ0) is 15.3. The topological polar surface area (TPSA) is 0 Å². The van der Waals surface area contributed by atoms with Gasteiger partial charge in [0.1, 0.15) is 12.5 Å². The summed E-state index contributed by atoms with van der Waals surface area (Å²) in [6.07, 6.45) is 0. The Morgan fingerprint density at radius 1 is 0.850 bits per heavy atom. The third-order valence-corrected chi connectivity index (χ3v) is 4.89. The van der Waals surface area contributed by atoms with Crippen molar-refractivity contribution in [2.75, 3.05) is 0 Å². The van der Waals surface area contributed by atoms with Gasteiger partial charge in [0, 0.05) is 17.9 Å². The summed E-state index contributed by atoms with van der Waals surface area (Å²) >= 11 is 13.0. The average molecular weight is 536 g/mol. The number of alkyl halides is 1. The van der Waals surface area contributed by atoms with Crippen LogP contribution in [0.3, 0.4) is 0 Å². The maximum atomic E-state index is 12.5. The summed E-state index contributed by atoms with van der Waals surface area (Å²) in [6.45, 7) is 1.49. The van der Waals surface area contributed by atoms with E-state index in [1.165, 1.54) is 12.1 Å². The van der Waals surface area contributed by atoms with Gasteiger partial charge in [-0.05, 0) is 48.4 Å². The minimum Gasteiger partial charge on any atom is -0.246 e. The van der Waals surface area contributed by atoms with Crippen LogP contribution in [0.15, 0.2) is 48.2 Å². The molecule has 0 unspecified atom stereocenters. The highest BCUT2D eigenvalue weighted by Crippen LogP contribution is 2.25. The standard InChI is InChI=1S/2C7H5Br2F/c8-6-1-5(4-10)2-7(9)3-6;1-4-6(8)2-5(10)3-7(4)9/h1-3H,4H2;2-3H,1H3. The quantitative estimate of drug-likeness (QED) is 0.358. The van der Waals surface area contributed by atoms with Gasteiger partial charge in [0.25, 0.3) is 0 Å². The molecular formula is C14H10Br4F2. The molecule has 0 radical (unpaired) electrons. The van der Waals surface area contributed by atoms with Crippen molar-refractivity contribution < 1.29 is 8.78 Å². The van der Waals surface area contributed by atoms with E-state index in [0.717, 1.165) is 23.5 Å². The first-order valence-corrected chi connectivity index (χ1v) is 8.62. The minimum absolute atomic E-state index is 0.232. The molecule has 0 bridgehead atoms. The van der Waals surface area contributed by atoms with E-state index in [0.29, 0.717) is 5.56 Å². The lowest BCUT2D eigenvalue weighted by atomic mass is 10.2. The molecule has 0 atom stereocenters. The van der Waals surface area contributed by atoms with E-state index in [1.54, 1.807) is 12.1 Å². The zero-order valence-corrected chi connectivity index (χ0v) is 16.7. The van der Waals surface area contributed by atoms with Gasteiger partial charge in [-0.3, -0.25) is 0 Å². The monoisotopic (exact) mass is 532 g/mol. The maximum Gasteiger partial charge on any atom is 0.125 e. The second kappa shape index (κ2) is 8.61.